The van der Waals surface area contributed by atoms with Crippen molar-refractivity contribution < 1.29 is 33.9 Å². The van der Waals surface area contributed by atoms with Crippen molar-refractivity contribution in [2.75, 3.05) is 52.2 Å². The number of thioether (sulfide) groups is 1. The van der Waals surface area contributed by atoms with Crippen LogP contribution in [0.3, 0.4) is 0 Å². The van der Waals surface area contributed by atoms with E-state index in [1.165, 1.54) is 22.3 Å². The van der Waals surface area contributed by atoms with Gasteiger partial charge >= 0.3 is 0 Å². The summed E-state index contributed by atoms with van der Waals surface area (Å²) in [5.74, 6) is 4.46. The van der Waals surface area contributed by atoms with E-state index in [0.29, 0.717) is 42.4 Å². The molecule has 0 amide bonds. The minimum absolute atomic E-state index is 0.0983. The van der Waals surface area contributed by atoms with Gasteiger partial charge in [0.15, 0.2) is 29.3 Å². The Morgan fingerprint density at radius 2 is 1.75 bits per heavy atom. The molecule has 0 spiro atoms. The van der Waals surface area contributed by atoms with Crippen molar-refractivity contribution in [1.29, 1.82) is 0 Å². The molecule has 3 unspecified atom stereocenters. The first kappa shape index (κ1) is 38.3. The number of phenols is 1. The van der Waals surface area contributed by atoms with Gasteiger partial charge < -0.3 is 39.6 Å². The first-order chi connectivity index (χ1) is 27.6. The molecule has 11 heteroatoms. The van der Waals surface area contributed by atoms with Crippen LogP contribution in [0, 0.1) is 13.8 Å². The fourth-order valence-corrected chi connectivity index (χ4v) is 12.0. The number of benzene rings is 4. The fourth-order valence-electron chi connectivity index (χ4n) is 10.9. The third-order valence-corrected chi connectivity index (χ3v) is 14.1. The van der Waals surface area contributed by atoms with Crippen molar-refractivity contribution in [3.63, 3.8) is 0 Å². The molecule has 6 aliphatic rings. The second-order valence-corrected chi connectivity index (χ2v) is 17.6. The van der Waals surface area contributed by atoms with Gasteiger partial charge in [0.1, 0.15) is 12.4 Å². The molecule has 4 N–H and O–H groups in total. The summed E-state index contributed by atoms with van der Waals surface area (Å²) in [4.78, 5) is 4.94. The maximum atomic E-state index is 11.9. The average Bonchev–Trinajstić information content (AvgIpc) is 3.76. The molecule has 0 saturated carbocycles. The van der Waals surface area contributed by atoms with Crippen LogP contribution in [-0.2, 0) is 17.6 Å². The maximum absolute atomic E-state index is 11.9. The number of hydrogen-bond donors (Lipinski definition) is 3. The van der Waals surface area contributed by atoms with Gasteiger partial charge in [-0.05, 0) is 74.0 Å². The number of methoxy groups -OCH3 is 1. The van der Waals surface area contributed by atoms with Gasteiger partial charge in [0.25, 0.3) is 0 Å². The molecule has 6 atom stereocenters. The minimum Gasteiger partial charge on any atom is -0.504 e. The van der Waals surface area contributed by atoms with Crippen molar-refractivity contribution in [1.82, 2.24) is 9.80 Å². The molecule has 57 heavy (non-hydrogen) atoms. The predicted octanol–water partition coefficient (Wildman–Crippen LogP) is 6.79. The van der Waals surface area contributed by atoms with Crippen molar-refractivity contribution in [3.8, 4) is 39.9 Å². The molecule has 5 heterocycles. The van der Waals surface area contributed by atoms with Crippen molar-refractivity contribution >= 4 is 11.8 Å². The number of fused-ring (bicyclic) bond motifs is 7. The van der Waals surface area contributed by atoms with Gasteiger partial charge in [-0.3, -0.25) is 9.80 Å². The lowest BCUT2D eigenvalue weighted by Gasteiger charge is -2.59. The number of hydrogen-bond acceptors (Lipinski definition) is 11. The zero-order valence-corrected chi connectivity index (χ0v) is 34.2. The number of likely N-dealkylation sites (N-methyl/N-ethyl adjacent to an activating group) is 1. The number of piperazine rings is 1. The summed E-state index contributed by atoms with van der Waals surface area (Å²) in [6, 6.07) is 18.2. The molecular weight excluding hydrogens is 739 g/mol. The van der Waals surface area contributed by atoms with Crippen LogP contribution in [0.5, 0.6) is 28.7 Å². The number of aliphatic hydroxyl groups excluding tert-OH is 1. The van der Waals surface area contributed by atoms with Gasteiger partial charge in [-0.1, -0.05) is 67.3 Å². The monoisotopic (exact) mass is 791 g/mol. The highest BCUT2D eigenvalue weighted by Gasteiger charge is 2.58. The molecule has 1 saturated heterocycles. The Bertz CT molecular complexity index is 2190. The van der Waals surface area contributed by atoms with Crippen molar-refractivity contribution in [2.24, 2.45) is 5.73 Å². The highest BCUT2D eigenvalue weighted by molar-refractivity contribution is 7.99. The smallest absolute Gasteiger partial charge is 0.231 e. The second-order valence-electron chi connectivity index (χ2n) is 16.5. The van der Waals surface area contributed by atoms with E-state index in [9.17, 15) is 10.2 Å². The average molecular weight is 792 g/mol. The molecule has 0 radical (unpaired) electrons. The predicted molar refractivity (Wildman–Crippen MR) is 223 cm³/mol. The molecule has 1 fully saturated rings. The van der Waals surface area contributed by atoms with E-state index < -0.39 is 17.9 Å². The summed E-state index contributed by atoms with van der Waals surface area (Å²) in [5.41, 5.74) is 17.4. The van der Waals surface area contributed by atoms with Gasteiger partial charge in [0, 0.05) is 57.8 Å². The number of ether oxygens (including phenoxy) is 5. The van der Waals surface area contributed by atoms with Crippen molar-refractivity contribution in [2.45, 2.75) is 75.5 Å². The number of aliphatic hydroxyl groups is 1. The van der Waals surface area contributed by atoms with Crippen LogP contribution in [0.25, 0.3) is 11.1 Å². The Morgan fingerprint density at radius 1 is 1.05 bits per heavy atom. The quantitative estimate of drug-likeness (QED) is 0.104. The molecule has 2 bridgehead atoms. The van der Waals surface area contributed by atoms with Crippen LogP contribution in [0.2, 0.25) is 0 Å². The van der Waals surface area contributed by atoms with E-state index in [2.05, 4.69) is 84.9 Å². The molecule has 4 aromatic rings. The van der Waals surface area contributed by atoms with Crippen molar-refractivity contribution in [3.05, 3.63) is 112 Å². The Balaban J connectivity index is 1.04. The molecule has 4 aromatic carbocycles. The summed E-state index contributed by atoms with van der Waals surface area (Å²) in [6.07, 6.45) is 1.87. The highest BCUT2D eigenvalue weighted by Crippen LogP contribution is 2.60. The first-order valence-corrected chi connectivity index (χ1v) is 21.1. The molecular formula is C46H53N3O7S. The largest absolute Gasteiger partial charge is 0.504 e. The number of phenolic OH excluding ortho intramolecular Hbond substituents is 1. The summed E-state index contributed by atoms with van der Waals surface area (Å²) in [7, 11) is 3.76. The lowest BCUT2D eigenvalue weighted by molar-refractivity contribution is -0.154. The van der Waals surface area contributed by atoms with E-state index in [0.717, 1.165) is 51.4 Å². The maximum Gasteiger partial charge on any atom is 0.231 e. The van der Waals surface area contributed by atoms with E-state index in [1.54, 1.807) is 24.9 Å². The Morgan fingerprint density at radius 3 is 2.46 bits per heavy atom. The molecule has 10 rings (SSSR count). The zero-order valence-electron chi connectivity index (χ0n) is 33.4. The Kier molecular flexibility index (Phi) is 9.98. The molecule has 300 valence electrons. The topological polar surface area (TPSA) is 119 Å². The minimum atomic E-state index is -1.20. The third kappa shape index (κ3) is 6.12. The first-order valence-electron chi connectivity index (χ1n) is 19.9. The second kappa shape index (κ2) is 14.9. The van der Waals surface area contributed by atoms with Gasteiger partial charge in [-0.25, -0.2) is 0 Å². The number of aromatic hydroxyl groups is 1. The van der Waals surface area contributed by atoms with E-state index in [4.69, 9.17) is 29.4 Å². The highest BCUT2D eigenvalue weighted by atomic mass is 32.2. The SMILES string of the molecule is C=CCOc1c(C)c2c(c3c1CC1[C@@H]4c5c(cc(C)c(OC)c5O)CC(C)(CN4C)N1[C@H]3COC(O)[C@@H](N)CSCC1c3ccccc3-c3ccccc31)OCO2. The summed E-state index contributed by atoms with van der Waals surface area (Å²) in [6.45, 7) is 11.5. The van der Waals surface area contributed by atoms with Gasteiger partial charge in [0.05, 0.1) is 31.8 Å². The van der Waals surface area contributed by atoms with Crippen LogP contribution in [-0.4, -0.2) is 96.1 Å². The van der Waals surface area contributed by atoms with Crippen LogP contribution in [0.4, 0.5) is 0 Å². The fraction of sp³-hybridized carbons (Fsp3) is 0.435. The van der Waals surface area contributed by atoms with Gasteiger partial charge in [0.2, 0.25) is 6.79 Å². The molecule has 0 aromatic heterocycles. The van der Waals surface area contributed by atoms with Crippen LogP contribution in [0.1, 0.15) is 69.4 Å². The third-order valence-electron chi connectivity index (χ3n) is 13.0. The van der Waals surface area contributed by atoms with Gasteiger partial charge in [-0.2, -0.15) is 11.8 Å². The Labute approximate surface area is 339 Å². The molecule has 5 aliphatic heterocycles. The lowest BCUT2D eigenvalue weighted by Crippen LogP contribution is -2.67. The number of nitrogens with zero attached hydrogens (tertiary/aromatic N) is 2. The molecule has 10 nitrogen and oxygen atoms in total. The summed E-state index contributed by atoms with van der Waals surface area (Å²) in [5, 5.41) is 23.6. The number of rotatable bonds is 12. The van der Waals surface area contributed by atoms with Gasteiger partial charge in [-0.15, -0.1) is 0 Å². The standard InChI is InChI=1S/C46H53N3O7S/c1-7-16-53-42-26(3)43-44(56-24-55-43)38-32(42)18-35-39-37-27(17-25(2)41(52-6)40(37)50)19-46(4,23-48(39)5)49(35)36(38)20-54-45(51)34(47)22-57-21-33-30-14-10-8-12-28(30)29-13-9-11-15-31(29)33/h7-15,17,33-36,39,45,50-51H,1,16,18-24,47H2,2-6H3/t34-,35?,36-,39+,45?,46?/m0/s1. The van der Waals surface area contributed by atoms with Crippen LogP contribution < -0.4 is 24.7 Å². The molecule has 1 aliphatic carbocycles. The van der Waals surface area contributed by atoms with Crippen LogP contribution in [0.15, 0.2) is 67.3 Å². The summed E-state index contributed by atoms with van der Waals surface area (Å²) >= 11 is 1.74. The van der Waals surface area contributed by atoms with E-state index in [1.807, 2.05) is 13.8 Å². The Hall–Kier alpha value is -4.23. The van der Waals surface area contributed by atoms with E-state index in [-0.39, 0.29) is 43.2 Å². The van der Waals surface area contributed by atoms with E-state index >= 15 is 0 Å². The number of aryl methyl sites for hydroxylation is 1. The van der Waals surface area contributed by atoms with Crippen LogP contribution >= 0.6 is 11.8 Å². The number of nitrogens with two attached hydrogens (primary N) is 1. The zero-order chi connectivity index (χ0) is 39.7. The summed E-state index contributed by atoms with van der Waals surface area (Å²) < 4.78 is 31.2. The lowest BCUT2D eigenvalue weighted by atomic mass is 9.76. The normalized spacial score (nSPS) is 24.2.